The Hall–Kier alpha value is -1.49. The average Bonchev–Trinajstić information content (AvgIpc) is 2.38. The summed E-state index contributed by atoms with van der Waals surface area (Å²) in [7, 11) is 0. The van der Waals surface area contributed by atoms with E-state index in [1.165, 1.54) is 0 Å². The van der Waals surface area contributed by atoms with Gasteiger partial charge in [0, 0.05) is 30.9 Å². The summed E-state index contributed by atoms with van der Waals surface area (Å²) in [5, 5.41) is 0. The van der Waals surface area contributed by atoms with Crippen LogP contribution in [0.5, 0.6) is 5.88 Å². The zero-order valence-corrected chi connectivity index (χ0v) is 12.1. The van der Waals surface area contributed by atoms with Gasteiger partial charge < -0.3 is 21.1 Å². The van der Waals surface area contributed by atoms with Gasteiger partial charge in [-0.05, 0) is 25.8 Å². The Morgan fingerprint density at radius 1 is 1.21 bits per heavy atom. The van der Waals surface area contributed by atoms with Crippen LogP contribution in [0.2, 0.25) is 0 Å². The first-order valence-electron chi connectivity index (χ1n) is 7.06. The van der Waals surface area contributed by atoms with Gasteiger partial charge in [0.25, 0.3) is 0 Å². The molecule has 0 atom stereocenters. The molecule has 5 heteroatoms. The average molecular weight is 266 g/mol. The number of hydrogen-bond donors (Lipinski definition) is 2. The van der Waals surface area contributed by atoms with Crippen molar-refractivity contribution >= 4 is 11.5 Å². The SMILES string of the molecule is CCCN(CCC)c1cc(N)nc(OCCCN)c1. The van der Waals surface area contributed by atoms with E-state index in [1.807, 2.05) is 12.1 Å². The van der Waals surface area contributed by atoms with Gasteiger partial charge in [-0.1, -0.05) is 13.8 Å². The molecular formula is C14H26N4O. The van der Waals surface area contributed by atoms with E-state index in [-0.39, 0.29) is 0 Å². The molecule has 4 N–H and O–H groups in total. The van der Waals surface area contributed by atoms with E-state index in [1.54, 1.807) is 0 Å². The Morgan fingerprint density at radius 2 is 1.89 bits per heavy atom. The number of rotatable bonds is 9. The van der Waals surface area contributed by atoms with Crippen LogP contribution in [0.25, 0.3) is 0 Å². The molecule has 0 amide bonds. The third-order valence-corrected chi connectivity index (χ3v) is 2.76. The first kappa shape index (κ1) is 15.6. The first-order chi connectivity index (χ1) is 9.21. The molecular weight excluding hydrogens is 240 g/mol. The highest BCUT2D eigenvalue weighted by Crippen LogP contribution is 2.23. The van der Waals surface area contributed by atoms with Crippen molar-refractivity contribution in [3.05, 3.63) is 12.1 Å². The molecule has 0 bridgehead atoms. The lowest BCUT2D eigenvalue weighted by atomic mass is 10.3. The van der Waals surface area contributed by atoms with Gasteiger partial charge in [0.15, 0.2) is 0 Å². The van der Waals surface area contributed by atoms with Crippen molar-refractivity contribution in [2.75, 3.05) is 36.9 Å². The molecule has 19 heavy (non-hydrogen) atoms. The predicted octanol–water partition coefficient (Wildman–Crippen LogP) is 2.02. The maximum Gasteiger partial charge on any atom is 0.217 e. The van der Waals surface area contributed by atoms with Gasteiger partial charge in [-0.25, -0.2) is 0 Å². The second-order valence-electron chi connectivity index (χ2n) is 4.57. The van der Waals surface area contributed by atoms with Crippen molar-refractivity contribution < 1.29 is 4.74 Å². The fraction of sp³-hybridized carbons (Fsp3) is 0.643. The van der Waals surface area contributed by atoms with E-state index >= 15 is 0 Å². The largest absolute Gasteiger partial charge is 0.478 e. The topological polar surface area (TPSA) is 77.4 Å². The monoisotopic (exact) mass is 266 g/mol. The van der Waals surface area contributed by atoms with Crippen LogP contribution in [0.4, 0.5) is 11.5 Å². The van der Waals surface area contributed by atoms with Gasteiger partial charge in [0.1, 0.15) is 5.82 Å². The summed E-state index contributed by atoms with van der Waals surface area (Å²) in [6, 6.07) is 3.86. The third-order valence-electron chi connectivity index (χ3n) is 2.76. The molecule has 0 aliphatic heterocycles. The van der Waals surface area contributed by atoms with Crippen molar-refractivity contribution in [3.63, 3.8) is 0 Å². The summed E-state index contributed by atoms with van der Waals surface area (Å²) in [4.78, 5) is 6.51. The molecule has 0 aliphatic carbocycles. The number of ether oxygens (including phenoxy) is 1. The van der Waals surface area contributed by atoms with Crippen molar-refractivity contribution in [1.29, 1.82) is 0 Å². The van der Waals surface area contributed by atoms with Crippen molar-refractivity contribution in [1.82, 2.24) is 4.98 Å². The number of hydrogen-bond acceptors (Lipinski definition) is 5. The first-order valence-corrected chi connectivity index (χ1v) is 7.06. The van der Waals surface area contributed by atoms with E-state index in [9.17, 15) is 0 Å². The number of nitrogens with two attached hydrogens (primary N) is 2. The zero-order valence-electron chi connectivity index (χ0n) is 12.1. The summed E-state index contributed by atoms with van der Waals surface area (Å²) in [5.74, 6) is 1.08. The molecule has 1 rings (SSSR count). The molecule has 0 unspecified atom stereocenters. The minimum absolute atomic E-state index is 0.498. The Kier molecular flexibility index (Phi) is 7.03. The number of pyridine rings is 1. The molecule has 0 aromatic carbocycles. The lowest BCUT2D eigenvalue weighted by Gasteiger charge is -2.24. The molecule has 0 aliphatic rings. The minimum atomic E-state index is 0.498. The molecule has 5 nitrogen and oxygen atoms in total. The van der Waals surface area contributed by atoms with Gasteiger partial charge in [-0.3, -0.25) is 0 Å². The maximum absolute atomic E-state index is 5.85. The van der Waals surface area contributed by atoms with E-state index in [4.69, 9.17) is 16.2 Å². The minimum Gasteiger partial charge on any atom is -0.478 e. The Labute approximate surface area is 115 Å². The Bertz CT molecular complexity index is 364. The van der Waals surface area contributed by atoms with Crippen LogP contribution < -0.4 is 21.1 Å². The van der Waals surface area contributed by atoms with Crippen LogP contribution in [0, 0.1) is 0 Å². The van der Waals surface area contributed by atoms with Crippen molar-refractivity contribution in [2.45, 2.75) is 33.1 Å². The maximum atomic E-state index is 5.85. The predicted molar refractivity (Wildman–Crippen MR) is 80.6 cm³/mol. The molecule has 108 valence electrons. The van der Waals surface area contributed by atoms with Crippen molar-refractivity contribution in [2.24, 2.45) is 5.73 Å². The Morgan fingerprint density at radius 3 is 2.47 bits per heavy atom. The molecule has 1 aromatic heterocycles. The van der Waals surface area contributed by atoms with Gasteiger partial charge >= 0.3 is 0 Å². The summed E-state index contributed by atoms with van der Waals surface area (Å²) in [5.41, 5.74) is 12.4. The van der Waals surface area contributed by atoms with Crippen LogP contribution in [-0.4, -0.2) is 31.2 Å². The molecule has 0 spiro atoms. The number of nitrogens with zero attached hydrogens (tertiary/aromatic N) is 2. The molecule has 1 aromatic rings. The van der Waals surface area contributed by atoms with Crippen LogP contribution in [0.1, 0.15) is 33.1 Å². The van der Waals surface area contributed by atoms with Gasteiger partial charge in [-0.15, -0.1) is 0 Å². The molecule has 1 heterocycles. The molecule has 0 fully saturated rings. The molecule has 0 saturated heterocycles. The quantitative estimate of drug-likeness (QED) is 0.669. The molecule has 0 saturated carbocycles. The highest BCUT2D eigenvalue weighted by molar-refractivity contribution is 5.55. The third kappa shape index (κ3) is 5.34. The van der Waals surface area contributed by atoms with E-state index in [0.717, 1.165) is 38.0 Å². The van der Waals surface area contributed by atoms with Crippen LogP contribution in [0.15, 0.2) is 12.1 Å². The van der Waals surface area contributed by atoms with Gasteiger partial charge in [0.05, 0.1) is 6.61 Å². The molecule has 0 radical (unpaired) electrons. The highest BCUT2D eigenvalue weighted by Gasteiger charge is 2.08. The Balaban J connectivity index is 2.80. The second kappa shape index (κ2) is 8.58. The summed E-state index contributed by atoms with van der Waals surface area (Å²) < 4.78 is 5.58. The number of aromatic nitrogens is 1. The fourth-order valence-corrected chi connectivity index (χ4v) is 1.94. The second-order valence-corrected chi connectivity index (χ2v) is 4.57. The van der Waals surface area contributed by atoms with E-state index in [2.05, 4.69) is 23.7 Å². The number of anilines is 2. The standard InChI is InChI=1S/C14H26N4O/c1-3-7-18(8-4-2)12-10-13(16)17-14(11-12)19-9-5-6-15/h10-11H,3-9,15H2,1-2H3,(H2,16,17). The number of nitrogen functional groups attached to an aromatic ring is 1. The van der Waals surface area contributed by atoms with E-state index in [0.29, 0.717) is 24.8 Å². The van der Waals surface area contributed by atoms with Gasteiger partial charge in [0.2, 0.25) is 5.88 Å². The lowest BCUT2D eigenvalue weighted by molar-refractivity contribution is 0.302. The summed E-state index contributed by atoms with van der Waals surface area (Å²) in [6.45, 7) is 7.57. The lowest BCUT2D eigenvalue weighted by Crippen LogP contribution is -2.25. The van der Waals surface area contributed by atoms with E-state index < -0.39 is 0 Å². The normalized spacial score (nSPS) is 10.5. The summed E-state index contributed by atoms with van der Waals surface area (Å²) in [6.07, 6.45) is 3.02. The van der Waals surface area contributed by atoms with Crippen LogP contribution >= 0.6 is 0 Å². The zero-order chi connectivity index (χ0) is 14.1. The van der Waals surface area contributed by atoms with Crippen LogP contribution in [0.3, 0.4) is 0 Å². The van der Waals surface area contributed by atoms with Gasteiger partial charge in [-0.2, -0.15) is 4.98 Å². The highest BCUT2D eigenvalue weighted by atomic mass is 16.5. The van der Waals surface area contributed by atoms with Crippen molar-refractivity contribution in [3.8, 4) is 5.88 Å². The summed E-state index contributed by atoms with van der Waals surface area (Å²) >= 11 is 0. The fourth-order valence-electron chi connectivity index (χ4n) is 1.94. The smallest absolute Gasteiger partial charge is 0.217 e. The van der Waals surface area contributed by atoms with Crippen LogP contribution in [-0.2, 0) is 0 Å².